The van der Waals surface area contributed by atoms with Crippen molar-refractivity contribution in [3.05, 3.63) is 5.21 Å². The van der Waals surface area contributed by atoms with E-state index in [9.17, 15) is 5.21 Å². The van der Waals surface area contributed by atoms with Gasteiger partial charge in [0.15, 0.2) is 3.23 Å². The van der Waals surface area contributed by atoms with Gasteiger partial charge >= 0.3 is 0 Å². The Morgan fingerprint density at radius 2 is 1.86 bits per heavy atom. The number of hydroxylamine groups is 2. The van der Waals surface area contributed by atoms with E-state index in [1.807, 2.05) is 0 Å². The van der Waals surface area contributed by atoms with Gasteiger partial charge in [-0.1, -0.05) is 31.9 Å². The van der Waals surface area contributed by atoms with Crippen LogP contribution in [0.2, 0.25) is 0 Å². The topological polar surface area (TPSA) is 27.5 Å². The number of nitrogens with one attached hydrogen (secondary N) is 1. The second kappa shape index (κ2) is 1.69. The maximum Gasteiger partial charge on any atom is 0.178 e. The second-order valence-electron chi connectivity index (χ2n) is 1.75. The fourth-order valence-corrected chi connectivity index (χ4v) is 1.78. The van der Waals surface area contributed by atoms with Crippen LogP contribution in [0.3, 0.4) is 0 Å². The molecule has 0 aliphatic carbocycles. The number of hydrogen-bond donors (Lipinski definition) is 1. The van der Waals surface area contributed by atoms with Gasteiger partial charge in [-0.05, 0) is 0 Å². The van der Waals surface area contributed by atoms with Crippen molar-refractivity contribution in [1.82, 2.24) is 0 Å². The van der Waals surface area contributed by atoms with Crippen molar-refractivity contribution in [3.63, 3.8) is 0 Å². The van der Waals surface area contributed by atoms with Crippen LogP contribution in [0.25, 0.3) is 0 Å². The first-order valence-electron chi connectivity index (χ1n) is 2.00. The predicted octanol–water partition coefficient (Wildman–Crippen LogP) is -0.131. The van der Waals surface area contributed by atoms with Gasteiger partial charge in [0, 0.05) is 0 Å². The zero-order chi connectivity index (χ0) is 5.49. The molecule has 7 heavy (non-hydrogen) atoms. The normalized spacial score (nSPS) is 29.6. The van der Waals surface area contributed by atoms with Gasteiger partial charge in [0.2, 0.25) is 0 Å². The molecule has 0 unspecified atom stereocenters. The molecule has 2 nitrogen and oxygen atoms in total. The summed E-state index contributed by atoms with van der Waals surface area (Å²) < 4.78 is -0.0307. The molecule has 1 N–H and O–H groups in total. The lowest BCUT2D eigenvalue weighted by Crippen LogP contribution is -3.18. The molecule has 1 fully saturated rings. The van der Waals surface area contributed by atoms with Crippen LogP contribution in [0.15, 0.2) is 0 Å². The molecule has 1 aliphatic heterocycles. The Balaban J connectivity index is 2.29. The third-order valence-electron chi connectivity index (χ3n) is 0.912. The molecule has 4 heteroatoms. The summed E-state index contributed by atoms with van der Waals surface area (Å²) in [5, 5.41) is 10.6. The molecule has 0 saturated carbocycles. The lowest BCUT2D eigenvalue weighted by atomic mass is 10.3. The molecule has 0 aromatic carbocycles. The van der Waals surface area contributed by atoms with Crippen LogP contribution in [0.1, 0.15) is 0 Å². The summed E-state index contributed by atoms with van der Waals surface area (Å²) in [6, 6.07) is 0. The average Bonchev–Trinajstić information content (AvgIpc) is 1.27. The highest BCUT2D eigenvalue weighted by Crippen LogP contribution is 2.26. The van der Waals surface area contributed by atoms with Gasteiger partial charge in [0.05, 0.1) is 0 Å². The molecule has 42 valence electrons. The first-order chi connectivity index (χ1) is 3.10. The van der Waals surface area contributed by atoms with E-state index in [4.69, 9.17) is 0 Å². The van der Waals surface area contributed by atoms with E-state index in [-0.39, 0.29) is 3.23 Å². The molecular formula is C3H5Br2NO. The van der Waals surface area contributed by atoms with Gasteiger partial charge in [0.25, 0.3) is 0 Å². The van der Waals surface area contributed by atoms with Crippen LogP contribution in [0.4, 0.5) is 0 Å². The molecule has 0 aromatic rings. The maximum atomic E-state index is 10.3. The Kier molecular flexibility index (Phi) is 1.45. The van der Waals surface area contributed by atoms with Gasteiger partial charge in [-0.3, -0.25) is 0 Å². The fourth-order valence-electron chi connectivity index (χ4n) is 0.525. The van der Waals surface area contributed by atoms with Crippen molar-refractivity contribution in [2.45, 2.75) is 3.23 Å². The molecule has 1 saturated heterocycles. The number of halogens is 2. The third-order valence-corrected chi connectivity index (χ3v) is 2.03. The van der Waals surface area contributed by atoms with Gasteiger partial charge in [-0.25, -0.2) is 0 Å². The van der Waals surface area contributed by atoms with Crippen LogP contribution >= 0.6 is 31.9 Å². The lowest BCUT2D eigenvalue weighted by Gasteiger charge is -2.40. The van der Waals surface area contributed by atoms with Gasteiger partial charge < -0.3 is 10.3 Å². The van der Waals surface area contributed by atoms with Crippen molar-refractivity contribution in [2.24, 2.45) is 0 Å². The molecule has 0 spiro atoms. The molecule has 0 atom stereocenters. The van der Waals surface area contributed by atoms with Crippen molar-refractivity contribution >= 4 is 31.9 Å². The number of rotatable bonds is 0. The zero-order valence-corrected chi connectivity index (χ0v) is 6.75. The minimum absolute atomic E-state index is 0.0307. The number of alkyl halides is 2. The Hall–Kier alpha value is 0.880. The van der Waals surface area contributed by atoms with E-state index in [0.717, 1.165) is 0 Å². The summed E-state index contributed by atoms with van der Waals surface area (Å²) in [5.74, 6) is 0. The average molecular weight is 231 g/mol. The van der Waals surface area contributed by atoms with E-state index in [1.54, 1.807) is 0 Å². The fraction of sp³-hybridized carbons (Fsp3) is 1.00. The number of quaternary nitrogens is 1. The highest BCUT2D eigenvalue weighted by molar-refractivity contribution is 9.25. The molecule has 0 amide bonds. The van der Waals surface area contributed by atoms with E-state index >= 15 is 0 Å². The molecule has 0 radical (unpaired) electrons. The smallest absolute Gasteiger partial charge is 0.178 e. The summed E-state index contributed by atoms with van der Waals surface area (Å²) in [6.07, 6.45) is 0. The van der Waals surface area contributed by atoms with Crippen LogP contribution < -0.4 is 5.06 Å². The summed E-state index contributed by atoms with van der Waals surface area (Å²) >= 11 is 6.60. The molecule has 1 aliphatic rings. The summed E-state index contributed by atoms with van der Waals surface area (Å²) in [4.78, 5) is 0. The molecule has 1 heterocycles. The maximum absolute atomic E-state index is 10.3. The lowest BCUT2D eigenvalue weighted by molar-refractivity contribution is -0.889. The van der Waals surface area contributed by atoms with Gasteiger partial charge in [0.1, 0.15) is 13.1 Å². The monoisotopic (exact) mass is 229 g/mol. The van der Waals surface area contributed by atoms with Crippen molar-refractivity contribution < 1.29 is 5.06 Å². The second-order valence-corrected chi connectivity index (χ2v) is 5.85. The van der Waals surface area contributed by atoms with E-state index in [2.05, 4.69) is 31.9 Å². The zero-order valence-electron chi connectivity index (χ0n) is 3.58. The summed E-state index contributed by atoms with van der Waals surface area (Å²) in [6.45, 7) is 1.26. The molecule has 0 bridgehead atoms. The predicted molar refractivity (Wildman–Crippen MR) is 34.6 cm³/mol. The standard InChI is InChI=1S/C3H5Br2NO/c4-3(5)1-6(7)2-3/h6H,1-2H2. The van der Waals surface area contributed by atoms with Crippen LogP contribution in [-0.2, 0) is 0 Å². The Morgan fingerprint density at radius 3 is 1.86 bits per heavy atom. The quantitative estimate of drug-likeness (QED) is 0.456. The Bertz CT molecular complexity index is 77.0. The van der Waals surface area contributed by atoms with Gasteiger partial charge in [-0.2, -0.15) is 0 Å². The van der Waals surface area contributed by atoms with E-state index < -0.39 is 0 Å². The molecule has 0 aromatic heterocycles. The van der Waals surface area contributed by atoms with Crippen molar-refractivity contribution in [3.8, 4) is 0 Å². The third kappa shape index (κ3) is 1.38. The molecule has 1 rings (SSSR count). The van der Waals surface area contributed by atoms with Crippen LogP contribution in [-0.4, -0.2) is 16.3 Å². The summed E-state index contributed by atoms with van der Waals surface area (Å²) in [7, 11) is 0. The van der Waals surface area contributed by atoms with E-state index in [0.29, 0.717) is 18.2 Å². The highest BCUT2D eigenvalue weighted by atomic mass is 79.9. The van der Waals surface area contributed by atoms with Crippen LogP contribution in [0.5, 0.6) is 0 Å². The summed E-state index contributed by atoms with van der Waals surface area (Å²) in [5.41, 5.74) is 0. The largest absolute Gasteiger partial charge is 0.634 e. The molecular weight excluding hydrogens is 226 g/mol. The first-order valence-corrected chi connectivity index (χ1v) is 3.58. The van der Waals surface area contributed by atoms with Crippen molar-refractivity contribution in [2.75, 3.05) is 13.1 Å². The SMILES string of the molecule is [O-][NH+]1CC(Br)(Br)C1. The van der Waals surface area contributed by atoms with E-state index in [1.165, 1.54) is 0 Å². The minimum Gasteiger partial charge on any atom is -0.634 e. The van der Waals surface area contributed by atoms with Gasteiger partial charge in [-0.15, -0.1) is 0 Å². The highest BCUT2D eigenvalue weighted by Gasteiger charge is 2.38. The van der Waals surface area contributed by atoms with Crippen molar-refractivity contribution in [1.29, 1.82) is 0 Å². The Morgan fingerprint density at radius 1 is 1.43 bits per heavy atom. The minimum atomic E-state index is -0.0307. The number of hydrogen-bond acceptors (Lipinski definition) is 1. The van der Waals surface area contributed by atoms with Crippen LogP contribution in [0, 0.1) is 5.21 Å². The first kappa shape index (κ1) is 6.01. The Labute approximate surface area is 58.7 Å².